The highest BCUT2D eigenvalue weighted by molar-refractivity contribution is 5.14. The number of fused-ring (bicyclic) bond motifs is 2. The molecule has 0 spiro atoms. The Morgan fingerprint density at radius 2 is 1.77 bits per heavy atom. The SMILES string of the molecule is CCN1C2C=CC1CC(C(C)C)C2. The summed E-state index contributed by atoms with van der Waals surface area (Å²) in [6.45, 7) is 8.23. The van der Waals surface area contributed by atoms with Crippen LogP contribution in [-0.4, -0.2) is 23.5 Å². The van der Waals surface area contributed by atoms with Gasteiger partial charge in [0.2, 0.25) is 0 Å². The van der Waals surface area contributed by atoms with Gasteiger partial charge in [-0.15, -0.1) is 0 Å². The number of hydrogen-bond acceptors (Lipinski definition) is 1. The number of likely N-dealkylation sites (N-methyl/N-ethyl adjacent to an activating group) is 1. The Labute approximate surface area is 81.8 Å². The van der Waals surface area contributed by atoms with Gasteiger partial charge in [0.25, 0.3) is 0 Å². The molecule has 2 rings (SSSR count). The number of hydrogen-bond donors (Lipinski definition) is 0. The van der Waals surface area contributed by atoms with Crippen molar-refractivity contribution in [3.05, 3.63) is 12.2 Å². The van der Waals surface area contributed by atoms with Gasteiger partial charge >= 0.3 is 0 Å². The molecule has 0 radical (unpaired) electrons. The Bertz CT molecular complexity index is 191. The van der Waals surface area contributed by atoms with Crippen molar-refractivity contribution in [2.45, 2.75) is 45.7 Å². The first kappa shape index (κ1) is 9.26. The predicted octanol–water partition coefficient (Wildman–Crippen LogP) is 2.68. The first-order valence-corrected chi connectivity index (χ1v) is 5.66. The second-order valence-corrected chi connectivity index (χ2v) is 4.83. The topological polar surface area (TPSA) is 3.24 Å². The number of rotatable bonds is 2. The molecular formula is C12H21N. The van der Waals surface area contributed by atoms with E-state index in [0.29, 0.717) is 0 Å². The average molecular weight is 179 g/mol. The van der Waals surface area contributed by atoms with Crippen molar-refractivity contribution in [1.29, 1.82) is 0 Å². The van der Waals surface area contributed by atoms with E-state index in [4.69, 9.17) is 0 Å². The van der Waals surface area contributed by atoms with Gasteiger partial charge in [-0.1, -0.05) is 32.9 Å². The van der Waals surface area contributed by atoms with Crippen LogP contribution < -0.4 is 0 Å². The molecule has 1 nitrogen and oxygen atoms in total. The Hall–Kier alpha value is -0.300. The fraction of sp³-hybridized carbons (Fsp3) is 0.833. The van der Waals surface area contributed by atoms with Crippen LogP contribution in [0.2, 0.25) is 0 Å². The molecule has 13 heavy (non-hydrogen) atoms. The first-order valence-electron chi connectivity index (χ1n) is 5.66. The lowest BCUT2D eigenvalue weighted by molar-refractivity contribution is 0.104. The van der Waals surface area contributed by atoms with Crippen LogP contribution in [0.25, 0.3) is 0 Å². The second-order valence-electron chi connectivity index (χ2n) is 4.83. The van der Waals surface area contributed by atoms with Crippen molar-refractivity contribution < 1.29 is 0 Å². The fourth-order valence-electron chi connectivity index (χ4n) is 2.88. The van der Waals surface area contributed by atoms with E-state index >= 15 is 0 Å². The van der Waals surface area contributed by atoms with Crippen molar-refractivity contribution in [1.82, 2.24) is 4.90 Å². The first-order chi connectivity index (χ1) is 6.22. The van der Waals surface area contributed by atoms with Crippen molar-refractivity contribution in [2.75, 3.05) is 6.54 Å². The summed E-state index contributed by atoms with van der Waals surface area (Å²) in [7, 11) is 0. The van der Waals surface area contributed by atoms with Gasteiger partial charge in [0.1, 0.15) is 0 Å². The molecule has 2 bridgehead atoms. The van der Waals surface area contributed by atoms with Gasteiger partial charge in [0.05, 0.1) is 0 Å². The van der Waals surface area contributed by atoms with E-state index in [9.17, 15) is 0 Å². The summed E-state index contributed by atoms with van der Waals surface area (Å²) in [6, 6.07) is 1.52. The lowest BCUT2D eigenvalue weighted by Gasteiger charge is -2.40. The summed E-state index contributed by atoms with van der Waals surface area (Å²) in [5.74, 6) is 1.82. The molecule has 0 N–H and O–H groups in total. The van der Waals surface area contributed by atoms with Gasteiger partial charge in [0.15, 0.2) is 0 Å². The minimum Gasteiger partial charge on any atom is -0.291 e. The maximum Gasteiger partial charge on any atom is 0.0287 e. The zero-order valence-electron chi connectivity index (χ0n) is 9.03. The third-order valence-electron chi connectivity index (χ3n) is 3.80. The highest BCUT2D eigenvalue weighted by Crippen LogP contribution is 2.37. The Balaban J connectivity index is 2.04. The van der Waals surface area contributed by atoms with Crippen molar-refractivity contribution >= 4 is 0 Å². The van der Waals surface area contributed by atoms with Gasteiger partial charge in [-0.25, -0.2) is 0 Å². The van der Waals surface area contributed by atoms with Gasteiger partial charge < -0.3 is 0 Å². The van der Waals surface area contributed by atoms with Crippen LogP contribution in [0.1, 0.15) is 33.6 Å². The predicted molar refractivity (Wildman–Crippen MR) is 56.7 cm³/mol. The third kappa shape index (κ3) is 1.54. The van der Waals surface area contributed by atoms with Gasteiger partial charge in [-0.05, 0) is 31.2 Å². The lowest BCUT2D eigenvalue weighted by Crippen LogP contribution is -2.44. The van der Waals surface area contributed by atoms with Crippen molar-refractivity contribution in [2.24, 2.45) is 11.8 Å². The maximum absolute atomic E-state index is 2.64. The van der Waals surface area contributed by atoms with E-state index in [1.807, 2.05) is 0 Å². The Kier molecular flexibility index (Phi) is 2.46. The summed E-state index contributed by atoms with van der Waals surface area (Å²) in [4.78, 5) is 2.64. The summed E-state index contributed by atoms with van der Waals surface area (Å²) in [5.41, 5.74) is 0. The zero-order chi connectivity index (χ0) is 9.42. The molecule has 0 aromatic carbocycles. The van der Waals surface area contributed by atoms with E-state index in [0.717, 1.165) is 23.9 Å². The molecular weight excluding hydrogens is 158 g/mol. The van der Waals surface area contributed by atoms with E-state index in [1.54, 1.807) is 0 Å². The molecule has 2 unspecified atom stereocenters. The highest BCUT2D eigenvalue weighted by Gasteiger charge is 2.36. The molecule has 0 aliphatic carbocycles. The molecule has 1 saturated heterocycles. The number of piperidine rings is 1. The normalized spacial score (nSPS) is 38.9. The minimum absolute atomic E-state index is 0.760. The fourth-order valence-corrected chi connectivity index (χ4v) is 2.88. The van der Waals surface area contributed by atoms with Gasteiger partial charge in [-0.3, -0.25) is 4.90 Å². The summed E-state index contributed by atoms with van der Waals surface area (Å²) >= 11 is 0. The second kappa shape index (κ2) is 3.45. The van der Waals surface area contributed by atoms with Gasteiger partial charge in [-0.2, -0.15) is 0 Å². The molecule has 2 aliphatic rings. The molecule has 2 atom stereocenters. The standard InChI is InChI=1S/C12H21N/c1-4-13-11-5-6-12(13)8-10(7-11)9(2)3/h5-6,9-12H,4,7-8H2,1-3H3. The van der Waals surface area contributed by atoms with Crippen LogP contribution in [0, 0.1) is 11.8 Å². The Morgan fingerprint density at radius 3 is 2.15 bits per heavy atom. The summed E-state index contributed by atoms with van der Waals surface area (Å²) < 4.78 is 0. The zero-order valence-corrected chi connectivity index (χ0v) is 9.03. The van der Waals surface area contributed by atoms with E-state index in [-0.39, 0.29) is 0 Å². The van der Waals surface area contributed by atoms with Crippen LogP contribution >= 0.6 is 0 Å². The molecule has 1 heteroatoms. The van der Waals surface area contributed by atoms with Crippen LogP contribution in [-0.2, 0) is 0 Å². The maximum atomic E-state index is 2.64. The molecule has 0 aromatic rings. The summed E-state index contributed by atoms with van der Waals surface area (Å²) in [5, 5.41) is 0. The van der Waals surface area contributed by atoms with E-state index < -0.39 is 0 Å². The molecule has 1 fully saturated rings. The van der Waals surface area contributed by atoms with Crippen LogP contribution in [0.4, 0.5) is 0 Å². The smallest absolute Gasteiger partial charge is 0.0287 e. The van der Waals surface area contributed by atoms with Crippen LogP contribution in [0.5, 0.6) is 0 Å². The van der Waals surface area contributed by atoms with Crippen molar-refractivity contribution in [3.8, 4) is 0 Å². The van der Waals surface area contributed by atoms with Crippen LogP contribution in [0.3, 0.4) is 0 Å². The molecule has 74 valence electrons. The largest absolute Gasteiger partial charge is 0.291 e. The molecule has 2 heterocycles. The van der Waals surface area contributed by atoms with Gasteiger partial charge in [0, 0.05) is 12.1 Å². The molecule has 0 aromatic heterocycles. The molecule has 2 aliphatic heterocycles. The van der Waals surface area contributed by atoms with E-state index in [2.05, 4.69) is 37.8 Å². The molecule has 0 amide bonds. The summed E-state index contributed by atoms with van der Waals surface area (Å²) in [6.07, 6.45) is 7.63. The molecule has 0 saturated carbocycles. The third-order valence-corrected chi connectivity index (χ3v) is 3.80. The Morgan fingerprint density at radius 1 is 1.23 bits per heavy atom. The highest BCUT2D eigenvalue weighted by atomic mass is 15.2. The van der Waals surface area contributed by atoms with Crippen molar-refractivity contribution in [3.63, 3.8) is 0 Å². The minimum atomic E-state index is 0.760. The monoisotopic (exact) mass is 179 g/mol. The quantitative estimate of drug-likeness (QED) is 0.589. The lowest BCUT2D eigenvalue weighted by atomic mass is 9.82. The van der Waals surface area contributed by atoms with Crippen LogP contribution in [0.15, 0.2) is 12.2 Å². The number of nitrogens with zero attached hydrogens (tertiary/aromatic N) is 1. The average Bonchev–Trinajstić information content (AvgIpc) is 2.34. The van der Waals surface area contributed by atoms with E-state index in [1.165, 1.54) is 19.4 Å².